The van der Waals surface area contributed by atoms with Crippen molar-refractivity contribution in [2.75, 3.05) is 53.6 Å². The lowest BCUT2D eigenvalue weighted by Gasteiger charge is -2.34. The molecule has 3 heterocycles. The molecule has 13 heteroatoms. The molecule has 0 aliphatic carbocycles. The number of aromatic nitrogens is 2. The van der Waals surface area contributed by atoms with Crippen molar-refractivity contribution in [3.05, 3.63) is 60.4 Å². The van der Waals surface area contributed by atoms with E-state index in [0.29, 0.717) is 74.7 Å². The summed E-state index contributed by atoms with van der Waals surface area (Å²) in [6.07, 6.45) is 5.68. The molecule has 3 aromatic rings. The number of fused-ring (bicyclic) bond motifs is 4. The fourth-order valence-corrected chi connectivity index (χ4v) is 6.41. The number of methoxy groups -OCH3 is 2. The van der Waals surface area contributed by atoms with Gasteiger partial charge in [0.1, 0.15) is 17.6 Å². The summed E-state index contributed by atoms with van der Waals surface area (Å²) >= 11 is 0. The first-order valence-corrected chi connectivity index (χ1v) is 17.3. The van der Waals surface area contributed by atoms with E-state index in [4.69, 9.17) is 14.2 Å². The average Bonchev–Trinajstić information content (AvgIpc) is 3.61. The van der Waals surface area contributed by atoms with Crippen LogP contribution in [0.3, 0.4) is 0 Å². The number of benzene rings is 2. The van der Waals surface area contributed by atoms with E-state index in [1.807, 2.05) is 42.8 Å². The lowest BCUT2D eigenvalue weighted by atomic mass is 9.94. The van der Waals surface area contributed by atoms with Crippen molar-refractivity contribution in [1.82, 2.24) is 30.0 Å². The second kappa shape index (κ2) is 17.0. The number of carbonyl (C=O) groups is 4. The zero-order valence-corrected chi connectivity index (χ0v) is 29.4. The molecular weight excluding hydrogens is 640 g/mol. The van der Waals surface area contributed by atoms with Crippen LogP contribution in [0.2, 0.25) is 0 Å². The van der Waals surface area contributed by atoms with Crippen molar-refractivity contribution >= 4 is 23.6 Å². The number of imidazole rings is 1. The van der Waals surface area contributed by atoms with Crippen molar-refractivity contribution in [2.45, 2.75) is 52.1 Å². The number of carbonyl (C=O) groups excluding carboxylic acids is 4. The summed E-state index contributed by atoms with van der Waals surface area (Å²) in [5.74, 6) is 1.02. The third kappa shape index (κ3) is 8.93. The summed E-state index contributed by atoms with van der Waals surface area (Å²) in [5.41, 5.74) is 1.39. The summed E-state index contributed by atoms with van der Waals surface area (Å²) in [6, 6.07) is 11.9. The van der Waals surface area contributed by atoms with Gasteiger partial charge in [-0.3, -0.25) is 19.2 Å². The standard InChI is InChI=1S/C37H48N6O7/c1-25(2)33-35(45)39-14-6-16-41-20-15-38-34(41)27-10-11-30(49-4)31(23-27)50-21-7-17-43(24-32(44)40-33)36(46)26-12-18-42(19-13-26)37(47)28-8-5-9-29(22-28)48-3/h5,8-11,15,20,22-23,25-26,33H,6-7,12-14,16-19,21,24H2,1-4H3,(H,39,45)(H,40,44)/t33-/m1/s1. The van der Waals surface area contributed by atoms with Gasteiger partial charge >= 0.3 is 0 Å². The first-order valence-electron chi connectivity index (χ1n) is 17.3. The third-order valence-corrected chi connectivity index (χ3v) is 9.20. The minimum absolute atomic E-state index is 0.111. The lowest BCUT2D eigenvalue weighted by Crippen LogP contribution is -2.53. The molecule has 2 bridgehead atoms. The summed E-state index contributed by atoms with van der Waals surface area (Å²) in [5, 5.41) is 5.84. The highest BCUT2D eigenvalue weighted by Gasteiger charge is 2.32. The van der Waals surface area contributed by atoms with E-state index in [-0.39, 0.29) is 49.3 Å². The predicted molar refractivity (Wildman–Crippen MR) is 187 cm³/mol. The maximum absolute atomic E-state index is 14.0. The van der Waals surface area contributed by atoms with Crippen molar-refractivity contribution in [3.63, 3.8) is 0 Å². The topological polar surface area (TPSA) is 144 Å². The van der Waals surface area contributed by atoms with Gasteiger partial charge in [-0.05, 0) is 68.0 Å². The molecule has 0 radical (unpaired) electrons. The number of likely N-dealkylation sites (tertiary alicyclic amines) is 1. The van der Waals surface area contributed by atoms with Crippen LogP contribution in [0.15, 0.2) is 54.9 Å². The normalized spacial score (nSPS) is 18.5. The second-order valence-electron chi connectivity index (χ2n) is 13.0. The first-order chi connectivity index (χ1) is 24.2. The number of aryl methyl sites for hydroxylation is 1. The third-order valence-electron chi connectivity index (χ3n) is 9.20. The molecule has 5 rings (SSSR count). The second-order valence-corrected chi connectivity index (χ2v) is 13.0. The summed E-state index contributed by atoms with van der Waals surface area (Å²) < 4.78 is 19.0. The Morgan fingerprint density at radius 2 is 1.76 bits per heavy atom. The van der Waals surface area contributed by atoms with Crippen molar-refractivity contribution in [1.29, 1.82) is 0 Å². The Hall–Kier alpha value is -5.07. The molecule has 2 aliphatic heterocycles. The molecule has 1 saturated heterocycles. The van der Waals surface area contributed by atoms with Crippen molar-refractivity contribution in [3.8, 4) is 28.6 Å². The SMILES string of the molecule is COc1cccc(C(=O)N2CCC(C(=O)N3CCCOc4cc(ccc4OC)-c4nccn4CCCNC(=O)[C@@H](C(C)C)NC(=O)C3)CC2)c1. The van der Waals surface area contributed by atoms with Crippen LogP contribution in [0.1, 0.15) is 49.9 Å². The van der Waals surface area contributed by atoms with Gasteiger partial charge in [-0.25, -0.2) is 4.98 Å². The summed E-state index contributed by atoms with van der Waals surface area (Å²) in [4.78, 5) is 61.7. The fraction of sp³-hybridized carbons (Fsp3) is 0.486. The van der Waals surface area contributed by atoms with E-state index in [0.717, 1.165) is 11.4 Å². The monoisotopic (exact) mass is 688 g/mol. The van der Waals surface area contributed by atoms with Crippen LogP contribution in [0.5, 0.6) is 17.2 Å². The molecule has 0 unspecified atom stereocenters. The quantitative estimate of drug-likeness (QED) is 0.416. The van der Waals surface area contributed by atoms with E-state index in [1.54, 1.807) is 54.5 Å². The number of amides is 4. The Morgan fingerprint density at radius 1 is 0.960 bits per heavy atom. The molecule has 268 valence electrons. The lowest BCUT2D eigenvalue weighted by molar-refractivity contribution is -0.141. The Kier molecular flexibility index (Phi) is 12.3. The van der Waals surface area contributed by atoms with E-state index in [2.05, 4.69) is 15.6 Å². The minimum Gasteiger partial charge on any atom is -0.497 e. The molecular formula is C37H48N6O7. The maximum atomic E-state index is 14.0. The first kappa shape index (κ1) is 36.2. The van der Waals surface area contributed by atoms with Crippen LogP contribution in [0, 0.1) is 11.8 Å². The van der Waals surface area contributed by atoms with Gasteiger partial charge in [-0.1, -0.05) is 19.9 Å². The maximum Gasteiger partial charge on any atom is 0.253 e. The fourth-order valence-electron chi connectivity index (χ4n) is 6.41. The highest BCUT2D eigenvalue weighted by molar-refractivity contribution is 5.95. The number of nitrogens with one attached hydrogen (secondary N) is 2. The molecule has 1 aromatic heterocycles. The number of piperidine rings is 1. The Morgan fingerprint density at radius 3 is 2.50 bits per heavy atom. The number of hydrogen-bond acceptors (Lipinski definition) is 8. The van der Waals surface area contributed by atoms with Gasteiger partial charge in [-0.2, -0.15) is 0 Å². The van der Waals surface area contributed by atoms with E-state index in [1.165, 1.54) is 0 Å². The molecule has 2 N–H and O–H groups in total. The van der Waals surface area contributed by atoms with E-state index < -0.39 is 11.9 Å². The molecule has 50 heavy (non-hydrogen) atoms. The van der Waals surface area contributed by atoms with Gasteiger partial charge in [0, 0.05) is 62.2 Å². The van der Waals surface area contributed by atoms with Gasteiger partial charge in [-0.15, -0.1) is 0 Å². The molecule has 1 fully saturated rings. The Labute approximate surface area is 293 Å². The molecule has 1 atom stereocenters. The zero-order chi connectivity index (χ0) is 35.6. The summed E-state index contributed by atoms with van der Waals surface area (Å²) in [7, 11) is 3.14. The Balaban J connectivity index is 1.31. The predicted octanol–water partition coefficient (Wildman–Crippen LogP) is 3.38. The van der Waals surface area contributed by atoms with Crippen LogP contribution < -0.4 is 24.8 Å². The molecule has 2 aliphatic rings. The van der Waals surface area contributed by atoms with Crippen LogP contribution in [-0.4, -0.2) is 103 Å². The Bertz CT molecular complexity index is 1650. The van der Waals surface area contributed by atoms with Gasteiger partial charge in [0.05, 0.1) is 27.4 Å². The van der Waals surface area contributed by atoms with Gasteiger partial charge in [0.25, 0.3) is 5.91 Å². The number of nitrogens with zero attached hydrogens (tertiary/aromatic N) is 4. The number of hydrogen-bond donors (Lipinski definition) is 2. The molecule has 4 amide bonds. The average molecular weight is 689 g/mol. The highest BCUT2D eigenvalue weighted by Crippen LogP contribution is 2.32. The summed E-state index contributed by atoms with van der Waals surface area (Å²) in [6.45, 7) is 5.96. The largest absolute Gasteiger partial charge is 0.497 e. The van der Waals surface area contributed by atoms with Gasteiger partial charge < -0.3 is 39.2 Å². The van der Waals surface area contributed by atoms with E-state index >= 15 is 0 Å². The number of rotatable bonds is 5. The van der Waals surface area contributed by atoms with Crippen LogP contribution in [0.4, 0.5) is 0 Å². The van der Waals surface area contributed by atoms with Crippen molar-refractivity contribution in [2.24, 2.45) is 11.8 Å². The molecule has 2 aromatic carbocycles. The van der Waals surface area contributed by atoms with E-state index in [9.17, 15) is 19.2 Å². The van der Waals surface area contributed by atoms with Crippen LogP contribution in [0.25, 0.3) is 11.4 Å². The zero-order valence-electron chi connectivity index (χ0n) is 29.4. The molecule has 0 saturated carbocycles. The smallest absolute Gasteiger partial charge is 0.253 e. The molecule has 0 spiro atoms. The molecule has 13 nitrogen and oxygen atoms in total. The van der Waals surface area contributed by atoms with Crippen LogP contribution >= 0.6 is 0 Å². The van der Waals surface area contributed by atoms with Crippen LogP contribution in [-0.2, 0) is 20.9 Å². The highest BCUT2D eigenvalue weighted by atomic mass is 16.5. The number of ether oxygens (including phenoxy) is 3. The van der Waals surface area contributed by atoms with Gasteiger partial charge in [0.2, 0.25) is 17.7 Å². The van der Waals surface area contributed by atoms with Gasteiger partial charge in [0.15, 0.2) is 11.5 Å². The minimum atomic E-state index is -0.756. The van der Waals surface area contributed by atoms with Crippen molar-refractivity contribution < 1.29 is 33.4 Å².